The number of anilines is 1. The van der Waals surface area contributed by atoms with E-state index < -0.39 is 0 Å². The molecule has 2 N–H and O–H groups in total. The highest BCUT2D eigenvalue weighted by molar-refractivity contribution is 5.41. The summed E-state index contributed by atoms with van der Waals surface area (Å²) in [4.78, 5) is 6.56. The van der Waals surface area contributed by atoms with Gasteiger partial charge in [-0.05, 0) is 43.9 Å². The summed E-state index contributed by atoms with van der Waals surface area (Å²) >= 11 is 0. The maximum Gasteiger partial charge on any atom is 0.128 e. The van der Waals surface area contributed by atoms with Crippen LogP contribution in [0.3, 0.4) is 0 Å². The van der Waals surface area contributed by atoms with E-state index in [0.717, 1.165) is 31.0 Å². The van der Waals surface area contributed by atoms with Gasteiger partial charge in [-0.3, -0.25) is 0 Å². The molecule has 0 radical (unpaired) electrons. The molecule has 0 amide bonds. The number of nitrogens with two attached hydrogens (primary N) is 1. The molecule has 100 valence electrons. The van der Waals surface area contributed by atoms with E-state index in [1.807, 2.05) is 19.2 Å². The summed E-state index contributed by atoms with van der Waals surface area (Å²) in [5.41, 5.74) is 7.02. The molecule has 1 aromatic heterocycles. The lowest BCUT2D eigenvalue weighted by molar-refractivity contribution is 0.0215. The van der Waals surface area contributed by atoms with Gasteiger partial charge in [-0.2, -0.15) is 0 Å². The molecule has 0 aromatic carbocycles. The van der Waals surface area contributed by atoms with Crippen molar-refractivity contribution in [2.45, 2.75) is 38.3 Å². The first-order chi connectivity index (χ1) is 8.66. The van der Waals surface area contributed by atoms with E-state index in [0.29, 0.717) is 6.10 Å². The van der Waals surface area contributed by atoms with Gasteiger partial charge in [0.1, 0.15) is 5.82 Å². The van der Waals surface area contributed by atoms with E-state index in [1.54, 1.807) is 0 Å². The summed E-state index contributed by atoms with van der Waals surface area (Å²) in [7, 11) is 2.06. The van der Waals surface area contributed by atoms with Crippen LogP contribution in [-0.2, 0) is 4.74 Å². The zero-order valence-electron chi connectivity index (χ0n) is 11.3. The van der Waals surface area contributed by atoms with Gasteiger partial charge in [-0.15, -0.1) is 0 Å². The summed E-state index contributed by atoms with van der Waals surface area (Å²) in [6.45, 7) is 3.78. The van der Waals surface area contributed by atoms with E-state index in [1.165, 1.54) is 12.8 Å². The van der Waals surface area contributed by atoms with Crippen molar-refractivity contribution < 1.29 is 4.74 Å². The molecule has 4 nitrogen and oxygen atoms in total. The molecule has 0 spiro atoms. The number of hydrogen-bond acceptors (Lipinski definition) is 4. The topological polar surface area (TPSA) is 51.4 Å². The normalized spacial score (nSPS) is 21.6. The number of aromatic nitrogens is 1. The number of rotatable bonds is 4. The maximum absolute atomic E-state index is 5.90. The Balaban J connectivity index is 1.99. The average molecular weight is 249 g/mol. The number of pyridine rings is 1. The maximum atomic E-state index is 5.90. The lowest BCUT2D eigenvalue weighted by atomic mass is 10.1. The SMILES string of the molecule is CC(N)c1ccnc(N(C)CC2CCCCO2)c1. The van der Waals surface area contributed by atoms with Gasteiger partial charge < -0.3 is 15.4 Å². The van der Waals surface area contributed by atoms with Gasteiger partial charge in [0.05, 0.1) is 6.10 Å². The summed E-state index contributed by atoms with van der Waals surface area (Å²) in [5.74, 6) is 0.971. The fourth-order valence-electron chi connectivity index (χ4n) is 2.28. The Morgan fingerprint density at radius 3 is 3.06 bits per heavy atom. The standard InChI is InChI=1S/C14H23N3O/c1-11(15)12-6-7-16-14(9-12)17(2)10-13-5-3-4-8-18-13/h6-7,9,11,13H,3-5,8,10,15H2,1-2H3. The Morgan fingerprint density at radius 1 is 1.56 bits per heavy atom. The number of likely N-dealkylation sites (N-methyl/N-ethyl adjacent to an activating group) is 1. The largest absolute Gasteiger partial charge is 0.376 e. The Bertz CT molecular complexity index is 375. The van der Waals surface area contributed by atoms with Crippen LogP contribution < -0.4 is 10.6 Å². The molecule has 1 saturated heterocycles. The van der Waals surface area contributed by atoms with Crippen molar-refractivity contribution in [3.63, 3.8) is 0 Å². The van der Waals surface area contributed by atoms with E-state index in [9.17, 15) is 0 Å². The molecule has 0 saturated carbocycles. The third-order valence-corrected chi connectivity index (χ3v) is 3.44. The highest BCUT2D eigenvalue weighted by Crippen LogP contribution is 2.19. The lowest BCUT2D eigenvalue weighted by Gasteiger charge is -2.28. The second-order valence-electron chi connectivity index (χ2n) is 5.11. The van der Waals surface area contributed by atoms with Crippen LogP contribution in [0.25, 0.3) is 0 Å². The summed E-state index contributed by atoms with van der Waals surface area (Å²) in [6, 6.07) is 4.08. The van der Waals surface area contributed by atoms with Crippen LogP contribution in [0.5, 0.6) is 0 Å². The fourth-order valence-corrected chi connectivity index (χ4v) is 2.28. The summed E-state index contributed by atoms with van der Waals surface area (Å²) in [5, 5.41) is 0. The molecule has 2 heterocycles. The van der Waals surface area contributed by atoms with Crippen molar-refractivity contribution in [3.8, 4) is 0 Å². The van der Waals surface area contributed by atoms with Crippen LogP contribution in [0.2, 0.25) is 0 Å². The third kappa shape index (κ3) is 3.43. The molecule has 2 atom stereocenters. The molecule has 1 aliphatic rings. The van der Waals surface area contributed by atoms with E-state index in [-0.39, 0.29) is 6.04 Å². The highest BCUT2D eigenvalue weighted by Gasteiger charge is 2.16. The first-order valence-corrected chi connectivity index (χ1v) is 6.71. The average Bonchev–Trinajstić information content (AvgIpc) is 2.40. The van der Waals surface area contributed by atoms with Gasteiger partial charge in [-0.1, -0.05) is 0 Å². The summed E-state index contributed by atoms with van der Waals surface area (Å²) in [6.07, 6.45) is 5.78. The minimum atomic E-state index is 0.0473. The molecular formula is C14H23N3O. The van der Waals surface area contributed by atoms with Crippen molar-refractivity contribution in [3.05, 3.63) is 23.9 Å². The van der Waals surface area contributed by atoms with Crippen molar-refractivity contribution in [1.29, 1.82) is 0 Å². The Kier molecular flexibility index (Phi) is 4.55. The second kappa shape index (κ2) is 6.16. The van der Waals surface area contributed by atoms with Gasteiger partial charge in [0, 0.05) is 32.4 Å². The van der Waals surface area contributed by atoms with E-state index in [2.05, 4.69) is 23.0 Å². The molecule has 2 rings (SSSR count). The molecule has 1 aliphatic heterocycles. The first-order valence-electron chi connectivity index (χ1n) is 6.71. The zero-order valence-corrected chi connectivity index (χ0v) is 11.3. The minimum absolute atomic E-state index is 0.0473. The van der Waals surface area contributed by atoms with Gasteiger partial charge >= 0.3 is 0 Å². The van der Waals surface area contributed by atoms with Gasteiger partial charge in [0.25, 0.3) is 0 Å². The van der Waals surface area contributed by atoms with Crippen LogP contribution in [0.15, 0.2) is 18.3 Å². The number of nitrogens with zero attached hydrogens (tertiary/aromatic N) is 2. The molecule has 1 fully saturated rings. The van der Waals surface area contributed by atoms with Crippen molar-refractivity contribution in [1.82, 2.24) is 4.98 Å². The highest BCUT2D eigenvalue weighted by atomic mass is 16.5. The minimum Gasteiger partial charge on any atom is -0.376 e. The molecule has 1 aromatic rings. The van der Waals surface area contributed by atoms with Crippen LogP contribution in [0.4, 0.5) is 5.82 Å². The van der Waals surface area contributed by atoms with Crippen LogP contribution in [-0.4, -0.2) is 31.3 Å². The van der Waals surface area contributed by atoms with E-state index >= 15 is 0 Å². The van der Waals surface area contributed by atoms with Gasteiger partial charge in [0.2, 0.25) is 0 Å². The van der Waals surface area contributed by atoms with Crippen LogP contribution >= 0.6 is 0 Å². The Labute approximate surface area is 109 Å². The number of ether oxygens (including phenoxy) is 1. The zero-order chi connectivity index (χ0) is 13.0. The van der Waals surface area contributed by atoms with Gasteiger partial charge in [0.15, 0.2) is 0 Å². The Hall–Kier alpha value is -1.13. The van der Waals surface area contributed by atoms with Crippen LogP contribution in [0.1, 0.15) is 37.8 Å². The van der Waals surface area contributed by atoms with Crippen molar-refractivity contribution in [2.24, 2.45) is 5.73 Å². The predicted molar refractivity (Wildman–Crippen MR) is 73.7 cm³/mol. The van der Waals surface area contributed by atoms with Crippen molar-refractivity contribution >= 4 is 5.82 Å². The molecule has 2 unspecified atom stereocenters. The van der Waals surface area contributed by atoms with Crippen molar-refractivity contribution in [2.75, 3.05) is 25.1 Å². The Morgan fingerprint density at radius 2 is 2.39 bits per heavy atom. The quantitative estimate of drug-likeness (QED) is 0.888. The predicted octanol–water partition coefficient (Wildman–Crippen LogP) is 2.11. The second-order valence-corrected chi connectivity index (χ2v) is 5.11. The molecule has 4 heteroatoms. The van der Waals surface area contributed by atoms with Gasteiger partial charge in [-0.25, -0.2) is 4.98 Å². The fraction of sp³-hybridized carbons (Fsp3) is 0.643. The summed E-state index contributed by atoms with van der Waals surface area (Å²) < 4.78 is 5.75. The smallest absolute Gasteiger partial charge is 0.128 e. The lowest BCUT2D eigenvalue weighted by Crippen LogP contribution is -2.33. The first kappa shape index (κ1) is 13.3. The third-order valence-electron chi connectivity index (χ3n) is 3.44. The molecule has 0 aliphatic carbocycles. The molecule has 18 heavy (non-hydrogen) atoms. The number of hydrogen-bond donors (Lipinski definition) is 1. The molecule has 0 bridgehead atoms. The van der Waals surface area contributed by atoms with Crippen LogP contribution in [0, 0.1) is 0 Å². The van der Waals surface area contributed by atoms with E-state index in [4.69, 9.17) is 10.5 Å². The monoisotopic (exact) mass is 249 g/mol. The molecular weight excluding hydrogens is 226 g/mol.